The molecular formula is C12H20N2O2S2. The normalized spacial score (nSPS) is 12.9. The summed E-state index contributed by atoms with van der Waals surface area (Å²) in [5, 5.41) is 10.0. The van der Waals surface area contributed by atoms with Gasteiger partial charge in [0.25, 0.3) is 0 Å². The second-order valence-corrected chi connectivity index (χ2v) is 6.68. The Morgan fingerprint density at radius 1 is 1.50 bits per heavy atom. The fourth-order valence-corrected chi connectivity index (χ4v) is 2.60. The Labute approximate surface area is 117 Å². The molecule has 0 aromatic carbocycles. The molecule has 0 spiro atoms. The summed E-state index contributed by atoms with van der Waals surface area (Å²) < 4.78 is 2.15. The van der Waals surface area contributed by atoms with E-state index in [4.69, 9.17) is 5.11 Å². The van der Waals surface area contributed by atoms with Crippen molar-refractivity contribution >= 4 is 29.5 Å². The Bertz CT molecular complexity index is 405. The number of carbonyl (C=O) groups is 1. The van der Waals surface area contributed by atoms with Crippen molar-refractivity contribution in [3.05, 3.63) is 11.9 Å². The third kappa shape index (κ3) is 4.24. The second-order valence-electron chi connectivity index (χ2n) is 4.46. The minimum Gasteiger partial charge on any atom is -0.481 e. The molecule has 0 amide bonds. The lowest BCUT2D eigenvalue weighted by atomic mass is 10.1. The Hall–Kier alpha value is -0.620. The van der Waals surface area contributed by atoms with Gasteiger partial charge in [-0.25, -0.2) is 4.98 Å². The van der Waals surface area contributed by atoms with E-state index in [1.54, 1.807) is 11.8 Å². The molecule has 0 saturated carbocycles. The molecule has 1 N–H and O–H groups in total. The molecule has 0 aliphatic heterocycles. The maximum atomic E-state index is 10.6. The lowest BCUT2D eigenvalue weighted by Crippen LogP contribution is -2.14. The molecule has 0 aliphatic carbocycles. The van der Waals surface area contributed by atoms with Crippen LogP contribution >= 0.6 is 23.5 Å². The highest BCUT2D eigenvalue weighted by atomic mass is 32.2. The molecule has 1 unspecified atom stereocenters. The molecule has 0 bridgehead atoms. The van der Waals surface area contributed by atoms with Crippen LogP contribution in [0.25, 0.3) is 0 Å². The number of rotatable bonds is 7. The van der Waals surface area contributed by atoms with E-state index in [9.17, 15) is 4.79 Å². The first kappa shape index (κ1) is 15.4. The van der Waals surface area contributed by atoms with Gasteiger partial charge in [-0.05, 0) is 12.2 Å². The molecule has 1 rings (SSSR count). The van der Waals surface area contributed by atoms with Gasteiger partial charge in [-0.2, -0.15) is 11.8 Å². The first-order valence-corrected chi connectivity index (χ1v) is 8.15. The number of aromatic nitrogens is 2. The third-order valence-corrected chi connectivity index (χ3v) is 4.54. The number of carboxylic acid groups (broad SMARTS) is 1. The van der Waals surface area contributed by atoms with Gasteiger partial charge in [-0.15, -0.1) is 0 Å². The quantitative estimate of drug-likeness (QED) is 0.782. The number of nitrogens with zero attached hydrogens (tertiary/aromatic N) is 2. The smallest absolute Gasteiger partial charge is 0.313 e. The average molecular weight is 288 g/mol. The van der Waals surface area contributed by atoms with Crippen LogP contribution in [0.15, 0.2) is 11.4 Å². The minimum absolute atomic E-state index is 0.0577. The Morgan fingerprint density at radius 3 is 2.67 bits per heavy atom. The van der Waals surface area contributed by atoms with Crippen LogP contribution in [0.5, 0.6) is 0 Å². The first-order chi connectivity index (χ1) is 8.45. The van der Waals surface area contributed by atoms with Crippen LogP contribution in [0.4, 0.5) is 0 Å². The van der Waals surface area contributed by atoms with Crippen molar-refractivity contribution < 1.29 is 9.90 Å². The van der Waals surface area contributed by atoms with Crippen molar-refractivity contribution in [2.24, 2.45) is 0 Å². The molecule has 1 atom stereocenters. The number of hydrogen-bond donors (Lipinski definition) is 1. The average Bonchev–Trinajstić information content (AvgIpc) is 2.69. The number of thioether (sulfide) groups is 2. The molecule has 0 radical (unpaired) electrons. The molecule has 6 heteroatoms. The highest BCUT2D eigenvalue weighted by molar-refractivity contribution is 7.99. The minimum atomic E-state index is -0.807. The van der Waals surface area contributed by atoms with Gasteiger partial charge in [-0.1, -0.05) is 32.5 Å². The van der Waals surface area contributed by atoms with Gasteiger partial charge in [0.05, 0.1) is 5.75 Å². The molecule has 0 aliphatic rings. The molecule has 1 heterocycles. The third-order valence-electron chi connectivity index (χ3n) is 2.61. The van der Waals surface area contributed by atoms with Gasteiger partial charge >= 0.3 is 5.97 Å². The number of aliphatic carboxylic acids is 1. The highest BCUT2D eigenvalue weighted by Gasteiger charge is 2.16. The SMILES string of the molecule is CSC(C)Cn1c(C(C)C)cnc1SCC(=O)O. The van der Waals surface area contributed by atoms with Crippen LogP contribution < -0.4 is 0 Å². The van der Waals surface area contributed by atoms with Crippen LogP contribution in [0, 0.1) is 0 Å². The van der Waals surface area contributed by atoms with Crippen molar-refractivity contribution in [2.45, 2.75) is 43.6 Å². The fourth-order valence-electron chi connectivity index (χ4n) is 1.59. The van der Waals surface area contributed by atoms with Crippen LogP contribution in [0.1, 0.15) is 32.4 Å². The second kappa shape index (κ2) is 7.09. The van der Waals surface area contributed by atoms with E-state index >= 15 is 0 Å². The topological polar surface area (TPSA) is 55.1 Å². The maximum Gasteiger partial charge on any atom is 0.313 e. The van der Waals surface area contributed by atoms with Crippen molar-refractivity contribution in [1.82, 2.24) is 9.55 Å². The van der Waals surface area contributed by atoms with Crippen LogP contribution in [0.2, 0.25) is 0 Å². The summed E-state index contributed by atoms with van der Waals surface area (Å²) in [6.45, 7) is 7.29. The summed E-state index contributed by atoms with van der Waals surface area (Å²) in [4.78, 5) is 15.0. The van der Waals surface area contributed by atoms with Gasteiger partial charge in [0.2, 0.25) is 0 Å². The maximum absolute atomic E-state index is 10.6. The van der Waals surface area contributed by atoms with Gasteiger partial charge < -0.3 is 9.67 Å². The highest BCUT2D eigenvalue weighted by Crippen LogP contribution is 2.25. The summed E-state index contributed by atoms with van der Waals surface area (Å²) >= 11 is 3.09. The van der Waals surface area contributed by atoms with Gasteiger partial charge in [-0.3, -0.25) is 4.79 Å². The van der Waals surface area contributed by atoms with E-state index in [1.165, 1.54) is 17.5 Å². The lowest BCUT2D eigenvalue weighted by molar-refractivity contribution is -0.133. The summed E-state index contributed by atoms with van der Waals surface area (Å²) in [6.07, 6.45) is 3.95. The zero-order chi connectivity index (χ0) is 13.7. The van der Waals surface area contributed by atoms with Crippen molar-refractivity contribution in [2.75, 3.05) is 12.0 Å². The summed E-state index contributed by atoms with van der Waals surface area (Å²) in [5.74, 6) is -0.355. The summed E-state index contributed by atoms with van der Waals surface area (Å²) in [7, 11) is 0. The molecule has 1 aromatic rings. The monoisotopic (exact) mass is 288 g/mol. The zero-order valence-electron chi connectivity index (χ0n) is 11.2. The van der Waals surface area contributed by atoms with Gasteiger partial charge in [0.15, 0.2) is 5.16 Å². The van der Waals surface area contributed by atoms with E-state index in [0.29, 0.717) is 11.2 Å². The van der Waals surface area contributed by atoms with E-state index in [-0.39, 0.29) is 5.75 Å². The number of carboxylic acids is 1. The molecule has 0 fully saturated rings. The molecule has 1 aromatic heterocycles. The predicted octanol–water partition coefficient (Wildman–Crippen LogP) is 2.93. The summed E-state index contributed by atoms with van der Waals surface area (Å²) in [5.41, 5.74) is 1.17. The van der Waals surface area contributed by atoms with Crippen molar-refractivity contribution in [1.29, 1.82) is 0 Å². The molecule has 18 heavy (non-hydrogen) atoms. The van der Waals surface area contributed by atoms with Crippen LogP contribution in [0.3, 0.4) is 0 Å². The number of hydrogen-bond acceptors (Lipinski definition) is 4. The molecule has 0 saturated heterocycles. The van der Waals surface area contributed by atoms with Crippen LogP contribution in [-0.2, 0) is 11.3 Å². The fraction of sp³-hybridized carbons (Fsp3) is 0.667. The van der Waals surface area contributed by atoms with E-state index in [1.807, 2.05) is 6.20 Å². The largest absolute Gasteiger partial charge is 0.481 e. The first-order valence-electron chi connectivity index (χ1n) is 5.88. The summed E-state index contributed by atoms with van der Waals surface area (Å²) in [6, 6.07) is 0. The Balaban J connectivity index is 2.91. The molecule has 4 nitrogen and oxygen atoms in total. The molecule has 102 valence electrons. The Morgan fingerprint density at radius 2 is 2.17 bits per heavy atom. The van der Waals surface area contributed by atoms with E-state index < -0.39 is 5.97 Å². The zero-order valence-corrected chi connectivity index (χ0v) is 12.8. The standard InChI is InChI=1S/C12H20N2O2S2/c1-8(2)10-5-13-12(18-7-11(15)16)14(10)6-9(3)17-4/h5,8-9H,6-7H2,1-4H3,(H,15,16). The number of imidazole rings is 1. The van der Waals surface area contributed by atoms with E-state index in [2.05, 4.69) is 36.6 Å². The Kier molecular flexibility index (Phi) is 6.08. The van der Waals surface area contributed by atoms with Crippen molar-refractivity contribution in [3.63, 3.8) is 0 Å². The van der Waals surface area contributed by atoms with Gasteiger partial charge in [0, 0.05) is 23.7 Å². The lowest BCUT2D eigenvalue weighted by Gasteiger charge is -2.16. The molecular weight excluding hydrogens is 268 g/mol. The van der Waals surface area contributed by atoms with Crippen LogP contribution in [-0.4, -0.2) is 37.9 Å². The van der Waals surface area contributed by atoms with Gasteiger partial charge in [0.1, 0.15) is 0 Å². The predicted molar refractivity (Wildman–Crippen MR) is 77.7 cm³/mol. The van der Waals surface area contributed by atoms with Crippen molar-refractivity contribution in [3.8, 4) is 0 Å². The van der Waals surface area contributed by atoms with E-state index in [0.717, 1.165) is 11.7 Å².